The van der Waals surface area contributed by atoms with Crippen molar-refractivity contribution in [2.75, 3.05) is 14.1 Å². The van der Waals surface area contributed by atoms with Crippen LogP contribution < -0.4 is 5.32 Å². The van der Waals surface area contributed by atoms with E-state index < -0.39 is 0 Å². The summed E-state index contributed by atoms with van der Waals surface area (Å²) >= 11 is 0. The predicted molar refractivity (Wildman–Crippen MR) is 86.7 cm³/mol. The Kier molecular flexibility index (Phi) is 4.61. The lowest BCUT2D eigenvalue weighted by atomic mass is 10.0. The number of rotatable bonds is 5. The minimum absolute atomic E-state index is 1.08. The van der Waals surface area contributed by atoms with Crippen LogP contribution in [-0.4, -0.2) is 19.0 Å². The number of nitrogens with one attached hydrogen (secondary N) is 1. The maximum Gasteiger partial charge on any atom is 0.0718 e. The van der Waals surface area contributed by atoms with Crippen LogP contribution in [0.15, 0.2) is 73.4 Å². The third kappa shape index (κ3) is 2.91. The summed E-state index contributed by atoms with van der Waals surface area (Å²) < 4.78 is 0. The molecule has 0 aromatic heterocycles. The molecule has 2 nitrogen and oxygen atoms in total. The van der Waals surface area contributed by atoms with Gasteiger partial charge >= 0.3 is 0 Å². The normalized spacial score (nSPS) is 11.5. The van der Waals surface area contributed by atoms with Gasteiger partial charge in [-0.2, -0.15) is 0 Å². The zero-order chi connectivity index (χ0) is 14.4. The molecule has 0 aliphatic carbocycles. The van der Waals surface area contributed by atoms with E-state index in [1.165, 1.54) is 0 Å². The van der Waals surface area contributed by atoms with Crippen LogP contribution >= 0.6 is 0 Å². The molecule has 0 radical (unpaired) electrons. The summed E-state index contributed by atoms with van der Waals surface area (Å²) in [5.74, 6) is 0. The van der Waals surface area contributed by atoms with Crippen molar-refractivity contribution in [1.29, 1.82) is 0 Å². The molecule has 2 heteroatoms. The Bertz CT molecular complexity index is 585. The zero-order valence-corrected chi connectivity index (χ0v) is 12.0. The molecule has 0 aliphatic heterocycles. The minimum atomic E-state index is 1.08. The van der Waals surface area contributed by atoms with Crippen LogP contribution in [0, 0.1) is 0 Å². The zero-order valence-electron chi connectivity index (χ0n) is 12.0. The molecule has 0 unspecified atom stereocenters. The van der Waals surface area contributed by atoms with Crippen LogP contribution in [-0.2, 0) is 0 Å². The lowest BCUT2D eigenvalue weighted by molar-refractivity contribution is 0.656. The van der Waals surface area contributed by atoms with Crippen molar-refractivity contribution < 1.29 is 0 Å². The fourth-order valence-corrected chi connectivity index (χ4v) is 2.22. The molecule has 0 spiro atoms. The Morgan fingerprint density at radius 2 is 1.45 bits per heavy atom. The standard InChI is InChI=1S/C18H20N2/c1-4-20(3)18(16-13-9-6-10-14-16)17(19-2)15-11-7-5-8-12-15/h4-14,19H,1H2,2-3H3/b18-17-. The van der Waals surface area contributed by atoms with Gasteiger partial charge in [-0.3, -0.25) is 0 Å². The van der Waals surface area contributed by atoms with Gasteiger partial charge in [0.1, 0.15) is 0 Å². The average Bonchev–Trinajstić information content (AvgIpc) is 2.53. The SMILES string of the molecule is C=CN(C)/C(=C(\NC)c1ccccc1)c1ccccc1. The first kappa shape index (κ1) is 13.9. The van der Waals surface area contributed by atoms with E-state index in [2.05, 4.69) is 36.2 Å². The molecule has 2 aromatic carbocycles. The number of benzene rings is 2. The second-order valence-electron chi connectivity index (χ2n) is 4.50. The molecular formula is C18H20N2. The van der Waals surface area contributed by atoms with Crippen LogP contribution in [0.2, 0.25) is 0 Å². The maximum atomic E-state index is 3.88. The van der Waals surface area contributed by atoms with Crippen LogP contribution in [0.4, 0.5) is 0 Å². The van der Waals surface area contributed by atoms with E-state index in [4.69, 9.17) is 0 Å². The molecule has 0 heterocycles. The van der Waals surface area contributed by atoms with Gasteiger partial charge < -0.3 is 10.2 Å². The van der Waals surface area contributed by atoms with Crippen molar-refractivity contribution in [2.24, 2.45) is 0 Å². The molecule has 0 fully saturated rings. The van der Waals surface area contributed by atoms with Gasteiger partial charge in [0.25, 0.3) is 0 Å². The second kappa shape index (κ2) is 6.62. The molecule has 0 aliphatic rings. The second-order valence-corrected chi connectivity index (χ2v) is 4.50. The van der Waals surface area contributed by atoms with Gasteiger partial charge in [-0.15, -0.1) is 0 Å². The third-order valence-electron chi connectivity index (χ3n) is 3.22. The monoisotopic (exact) mass is 264 g/mol. The van der Waals surface area contributed by atoms with E-state index in [0.29, 0.717) is 0 Å². The van der Waals surface area contributed by atoms with E-state index in [-0.39, 0.29) is 0 Å². The molecule has 2 rings (SSSR count). The molecule has 20 heavy (non-hydrogen) atoms. The molecular weight excluding hydrogens is 244 g/mol. The Hall–Kier alpha value is -2.48. The van der Waals surface area contributed by atoms with Gasteiger partial charge in [-0.05, 0) is 11.8 Å². The van der Waals surface area contributed by atoms with E-state index in [9.17, 15) is 0 Å². The topological polar surface area (TPSA) is 15.3 Å². The number of hydrogen-bond acceptors (Lipinski definition) is 2. The van der Waals surface area contributed by atoms with Gasteiger partial charge in [0.15, 0.2) is 0 Å². The first-order valence-corrected chi connectivity index (χ1v) is 6.66. The first-order chi connectivity index (χ1) is 9.77. The quantitative estimate of drug-likeness (QED) is 0.826. The summed E-state index contributed by atoms with van der Waals surface area (Å²) in [6, 6.07) is 20.6. The predicted octanol–water partition coefficient (Wildman–Crippen LogP) is 3.81. The van der Waals surface area contributed by atoms with Gasteiger partial charge in [0.2, 0.25) is 0 Å². The Morgan fingerprint density at radius 3 is 1.90 bits per heavy atom. The summed E-state index contributed by atoms with van der Waals surface area (Å²) in [4.78, 5) is 2.04. The van der Waals surface area contributed by atoms with Crippen molar-refractivity contribution in [3.63, 3.8) is 0 Å². The molecule has 0 saturated heterocycles. The van der Waals surface area contributed by atoms with Gasteiger partial charge in [-0.1, -0.05) is 67.2 Å². The highest BCUT2D eigenvalue weighted by molar-refractivity contribution is 5.89. The van der Waals surface area contributed by atoms with Gasteiger partial charge in [0, 0.05) is 19.7 Å². The van der Waals surface area contributed by atoms with Crippen molar-refractivity contribution in [3.05, 3.63) is 84.6 Å². The summed E-state index contributed by atoms with van der Waals surface area (Å²) in [5, 5.41) is 3.32. The fourth-order valence-electron chi connectivity index (χ4n) is 2.22. The summed E-state index contributed by atoms with van der Waals surface area (Å²) in [5.41, 5.74) is 4.50. The van der Waals surface area contributed by atoms with Crippen LogP contribution in [0.5, 0.6) is 0 Å². The third-order valence-corrected chi connectivity index (χ3v) is 3.22. The summed E-state index contributed by atoms with van der Waals surface area (Å²) in [7, 11) is 3.96. The van der Waals surface area contributed by atoms with Crippen LogP contribution in [0.3, 0.4) is 0 Å². The van der Waals surface area contributed by atoms with Crippen LogP contribution in [0.1, 0.15) is 11.1 Å². The highest BCUT2D eigenvalue weighted by Crippen LogP contribution is 2.26. The minimum Gasteiger partial charge on any atom is -0.386 e. The van der Waals surface area contributed by atoms with E-state index in [1.807, 2.05) is 61.6 Å². The summed E-state index contributed by atoms with van der Waals surface area (Å²) in [6.45, 7) is 3.88. The van der Waals surface area contributed by atoms with E-state index in [0.717, 1.165) is 22.5 Å². The molecule has 0 saturated carbocycles. The lowest BCUT2D eigenvalue weighted by Gasteiger charge is -2.23. The van der Waals surface area contributed by atoms with E-state index >= 15 is 0 Å². The van der Waals surface area contributed by atoms with E-state index in [1.54, 1.807) is 0 Å². The highest BCUT2D eigenvalue weighted by Gasteiger charge is 2.12. The maximum absolute atomic E-state index is 3.88. The van der Waals surface area contributed by atoms with Crippen LogP contribution in [0.25, 0.3) is 11.4 Å². The number of hydrogen-bond donors (Lipinski definition) is 1. The van der Waals surface area contributed by atoms with Crippen molar-refractivity contribution >= 4 is 11.4 Å². The lowest BCUT2D eigenvalue weighted by Crippen LogP contribution is -2.17. The molecule has 0 bridgehead atoms. The molecule has 102 valence electrons. The van der Waals surface area contributed by atoms with Crippen molar-refractivity contribution in [3.8, 4) is 0 Å². The fraction of sp³-hybridized carbons (Fsp3) is 0.111. The van der Waals surface area contributed by atoms with Crippen molar-refractivity contribution in [1.82, 2.24) is 10.2 Å². The molecule has 2 aromatic rings. The molecule has 0 amide bonds. The first-order valence-electron chi connectivity index (χ1n) is 6.66. The van der Waals surface area contributed by atoms with Crippen molar-refractivity contribution in [2.45, 2.75) is 0 Å². The highest BCUT2D eigenvalue weighted by atomic mass is 15.1. The van der Waals surface area contributed by atoms with Gasteiger partial charge in [-0.25, -0.2) is 0 Å². The molecule has 1 N–H and O–H groups in total. The number of nitrogens with zero attached hydrogens (tertiary/aromatic N) is 1. The van der Waals surface area contributed by atoms with Gasteiger partial charge in [0.05, 0.1) is 11.4 Å². The molecule has 0 atom stereocenters. The Balaban J connectivity index is 2.64. The largest absolute Gasteiger partial charge is 0.386 e. The Morgan fingerprint density at radius 1 is 0.950 bits per heavy atom. The smallest absolute Gasteiger partial charge is 0.0718 e. The average molecular weight is 264 g/mol. The Labute approximate surface area is 121 Å². The summed E-state index contributed by atoms with van der Waals surface area (Å²) in [6.07, 6.45) is 1.82.